The van der Waals surface area contributed by atoms with Gasteiger partial charge in [-0.3, -0.25) is 9.69 Å². The van der Waals surface area contributed by atoms with Crippen molar-refractivity contribution in [3.05, 3.63) is 51.5 Å². The average molecular weight is 381 g/mol. The average Bonchev–Trinajstić information content (AvgIpc) is 3.17. The minimum atomic E-state index is -4.49. The van der Waals surface area contributed by atoms with E-state index in [2.05, 4.69) is 4.98 Å². The fourth-order valence-corrected chi connectivity index (χ4v) is 4.20. The van der Waals surface area contributed by atoms with Crippen molar-refractivity contribution in [3.63, 3.8) is 0 Å². The number of halogens is 3. The monoisotopic (exact) mass is 381 g/mol. The second-order valence-electron chi connectivity index (χ2n) is 6.19. The lowest BCUT2D eigenvalue weighted by Gasteiger charge is -2.28. The molecule has 2 aliphatic heterocycles. The standard InChI is InChI=1S/C17H14F3N3O2S/c18-17(19,20)12-9-26-13(21-12)6-8-23-15(24)14-11-4-2-1-3-10(11)5-7-22(14)16(23)25/h1-4,9,14H,5-8H2/t14-/m1/s1. The zero-order valence-corrected chi connectivity index (χ0v) is 14.3. The Bertz CT molecular complexity index is 880. The minimum absolute atomic E-state index is 0.0254. The Morgan fingerprint density at radius 1 is 1.23 bits per heavy atom. The smallest absolute Gasteiger partial charge is 0.308 e. The van der Waals surface area contributed by atoms with Crippen molar-refractivity contribution in [1.82, 2.24) is 14.8 Å². The molecule has 2 aromatic rings. The van der Waals surface area contributed by atoms with Gasteiger partial charge in [0.05, 0.1) is 5.01 Å². The molecule has 1 aromatic carbocycles. The van der Waals surface area contributed by atoms with Gasteiger partial charge >= 0.3 is 12.2 Å². The van der Waals surface area contributed by atoms with Crippen LogP contribution in [0.25, 0.3) is 0 Å². The van der Waals surface area contributed by atoms with Crippen LogP contribution >= 0.6 is 11.3 Å². The lowest BCUT2D eigenvalue weighted by Crippen LogP contribution is -2.36. The maximum atomic E-state index is 12.8. The maximum Gasteiger partial charge on any atom is 0.434 e. The first kappa shape index (κ1) is 17.0. The summed E-state index contributed by atoms with van der Waals surface area (Å²) < 4.78 is 37.9. The molecular formula is C17H14F3N3O2S. The minimum Gasteiger partial charge on any atom is -0.308 e. The van der Waals surface area contributed by atoms with Crippen molar-refractivity contribution in [3.8, 4) is 0 Å². The summed E-state index contributed by atoms with van der Waals surface area (Å²) in [7, 11) is 0. The number of fused-ring (bicyclic) bond motifs is 3. The highest BCUT2D eigenvalue weighted by molar-refractivity contribution is 7.09. The number of nitrogens with zero attached hydrogens (tertiary/aromatic N) is 3. The lowest BCUT2D eigenvalue weighted by molar-refractivity contribution is -0.140. The van der Waals surface area contributed by atoms with Gasteiger partial charge in [0.25, 0.3) is 5.91 Å². The van der Waals surface area contributed by atoms with Gasteiger partial charge in [-0.25, -0.2) is 9.78 Å². The van der Waals surface area contributed by atoms with Crippen LogP contribution in [0.2, 0.25) is 0 Å². The molecule has 0 unspecified atom stereocenters. The van der Waals surface area contributed by atoms with Crippen LogP contribution in [0.5, 0.6) is 0 Å². The topological polar surface area (TPSA) is 53.5 Å². The number of benzene rings is 1. The normalized spacial score (nSPS) is 19.7. The number of carbonyl (C=O) groups excluding carboxylic acids is 2. The molecule has 1 aromatic heterocycles. The number of urea groups is 1. The van der Waals surface area contributed by atoms with Gasteiger partial charge in [0.1, 0.15) is 6.04 Å². The second kappa shape index (κ2) is 6.08. The fraction of sp³-hybridized carbons (Fsp3) is 0.353. The molecule has 0 saturated carbocycles. The van der Waals surface area contributed by atoms with Crippen molar-refractivity contribution in [1.29, 1.82) is 0 Å². The van der Waals surface area contributed by atoms with Crippen LogP contribution in [0.3, 0.4) is 0 Å². The molecule has 0 bridgehead atoms. The zero-order chi connectivity index (χ0) is 18.5. The summed E-state index contributed by atoms with van der Waals surface area (Å²) in [6, 6.07) is 6.50. The molecule has 0 aliphatic carbocycles. The van der Waals surface area contributed by atoms with E-state index < -0.39 is 17.9 Å². The SMILES string of the molecule is O=C1[C@H]2c3ccccc3CCN2C(=O)N1CCc1nc(C(F)(F)F)cs1. The predicted octanol–water partition coefficient (Wildman–Crippen LogP) is 3.27. The van der Waals surface area contributed by atoms with Crippen LogP contribution in [0.4, 0.5) is 18.0 Å². The molecule has 0 N–H and O–H groups in total. The van der Waals surface area contributed by atoms with Crippen molar-refractivity contribution in [2.75, 3.05) is 13.1 Å². The van der Waals surface area contributed by atoms with Crippen LogP contribution in [-0.4, -0.2) is 39.8 Å². The highest BCUT2D eigenvalue weighted by Crippen LogP contribution is 2.37. The number of hydrogen-bond donors (Lipinski definition) is 0. The van der Waals surface area contributed by atoms with Gasteiger partial charge in [0.15, 0.2) is 5.69 Å². The first-order valence-corrected chi connectivity index (χ1v) is 8.95. The van der Waals surface area contributed by atoms with Crippen LogP contribution in [-0.2, 0) is 23.8 Å². The van der Waals surface area contributed by atoms with Crippen LogP contribution in [0, 0.1) is 0 Å². The molecule has 3 heterocycles. The van der Waals surface area contributed by atoms with Gasteiger partial charge < -0.3 is 4.90 Å². The number of amides is 3. The van der Waals surface area contributed by atoms with E-state index in [-0.39, 0.29) is 29.9 Å². The molecule has 26 heavy (non-hydrogen) atoms. The molecule has 3 amide bonds. The molecule has 5 nitrogen and oxygen atoms in total. The number of thiazole rings is 1. The Morgan fingerprint density at radius 3 is 2.73 bits per heavy atom. The van der Waals surface area contributed by atoms with E-state index in [4.69, 9.17) is 0 Å². The van der Waals surface area contributed by atoms with E-state index in [9.17, 15) is 22.8 Å². The molecular weight excluding hydrogens is 367 g/mol. The number of imide groups is 1. The summed E-state index contributed by atoms with van der Waals surface area (Å²) >= 11 is 0.882. The maximum absolute atomic E-state index is 12.8. The third-order valence-electron chi connectivity index (χ3n) is 4.65. The summed E-state index contributed by atoms with van der Waals surface area (Å²) in [5.74, 6) is -0.324. The molecule has 136 valence electrons. The summed E-state index contributed by atoms with van der Waals surface area (Å²) in [5, 5.41) is 1.20. The summed E-state index contributed by atoms with van der Waals surface area (Å²) in [5.41, 5.74) is 0.933. The van der Waals surface area contributed by atoms with E-state index in [1.165, 1.54) is 4.90 Å². The van der Waals surface area contributed by atoms with Crippen molar-refractivity contribution < 1.29 is 22.8 Å². The summed E-state index contributed by atoms with van der Waals surface area (Å²) in [6.07, 6.45) is -3.69. The Morgan fingerprint density at radius 2 is 2.00 bits per heavy atom. The van der Waals surface area contributed by atoms with Gasteiger partial charge in [-0.2, -0.15) is 13.2 Å². The summed E-state index contributed by atoms with van der Waals surface area (Å²) in [4.78, 5) is 31.6. The molecule has 0 radical (unpaired) electrons. The first-order chi connectivity index (χ1) is 12.4. The number of hydrogen-bond acceptors (Lipinski definition) is 4. The number of aromatic nitrogens is 1. The van der Waals surface area contributed by atoms with E-state index in [1.807, 2.05) is 24.3 Å². The van der Waals surface area contributed by atoms with E-state index >= 15 is 0 Å². The van der Waals surface area contributed by atoms with Crippen molar-refractivity contribution in [2.24, 2.45) is 0 Å². The Kier molecular flexibility index (Phi) is 3.98. The third-order valence-corrected chi connectivity index (χ3v) is 5.56. The van der Waals surface area contributed by atoms with Crippen LogP contribution < -0.4 is 0 Å². The van der Waals surface area contributed by atoms with E-state index in [1.54, 1.807) is 0 Å². The van der Waals surface area contributed by atoms with Crippen molar-refractivity contribution >= 4 is 23.3 Å². The number of rotatable bonds is 3. The van der Waals surface area contributed by atoms with Gasteiger partial charge in [0, 0.05) is 24.9 Å². The Hall–Kier alpha value is -2.42. The molecule has 0 spiro atoms. The summed E-state index contributed by atoms with van der Waals surface area (Å²) in [6.45, 7) is 0.482. The Balaban J connectivity index is 1.51. The first-order valence-electron chi connectivity index (χ1n) is 8.07. The van der Waals surface area contributed by atoms with Gasteiger partial charge in [0.2, 0.25) is 0 Å². The molecule has 4 rings (SSSR count). The molecule has 1 saturated heterocycles. The van der Waals surface area contributed by atoms with E-state index in [0.29, 0.717) is 13.0 Å². The molecule has 9 heteroatoms. The quantitative estimate of drug-likeness (QED) is 0.767. The number of carbonyl (C=O) groups is 2. The van der Waals surface area contributed by atoms with Gasteiger partial charge in [-0.1, -0.05) is 24.3 Å². The fourth-order valence-electron chi connectivity index (χ4n) is 3.41. The number of alkyl halides is 3. The Labute approximate surface area is 151 Å². The molecule has 2 aliphatic rings. The van der Waals surface area contributed by atoms with Crippen LogP contribution in [0.1, 0.15) is 27.9 Å². The largest absolute Gasteiger partial charge is 0.434 e. The van der Waals surface area contributed by atoms with Crippen LogP contribution in [0.15, 0.2) is 29.6 Å². The van der Waals surface area contributed by atoms with Crippen molar-refractivity contribution in [2.45, 2.75) is 25.1 Å². The van der Waals surface area contributed by atoms with Gasteiger partial charge in [-0.15, -0.1) is 11.3 Å². The highest BCUT2D eigenvalue weighted by atomic mass is 32.1. The predicted molar refractivity (Wildman–Crippen MR) is 87.5 cm³/mol. The second-order valence-corrected chi connectivity index (χ2v) is 7.13. The lowest BCUT2D eigenvalue weighted by atomic mass is 9.93. The highest BCUT2D eigenvalue weighted by Gasteiger charge is 2.47. The molecule has 1 fully saturated rings. The zero-order valence-electron chi connectivity index (χ0n) is 13.5. The van der Waals surface area contributed by atoms with Gasteiger partial charge in [-0.05, 0) is 17.5 Å². The van der Waals surface area contributed by atoms with E-state index in [0.717, 1.165) is 32.7 Å². The third kappa shape index (κ3) is 2.76. The molecule has 1 atom stereocenters.